The van der Waals surface area contributed by atoms with Crippen LogP contribution in [0.4, 0.5) is 0 Å². The Morgan fingerprint density at radius 2 is 2.08 bits per heavy atom. The van der Waals surface area contributed by atoms with E-state index in [-0.39, 0.29) is 13.2 Å². The van der Waals surface area contributed by atoms with E-state index in [9.17, 15) is 13.2 Å². The van der Waals surface area contributed by atoms with E-state index in [0.29, 0.717) is 0 Å². The molecule has 0 aliphatic carbocycles. The Hall–Kier alpha value is -0.660. The summed E-state index contributed by atoms with van der Waals surface area (Å²) in [5.74, 6) is -1.42. The monoisotopic (exact) mass is 197 g/mol. The summed E-state index contributed by atoms with van der Waals surface area (Å²) in [6.45, 7) is 0.535. The maximum atomic E-state index is 10.9. The van der Waals surface area contributed by atoms with E-state index in [1.165, 1.54) is 0 Å². The summed E-state index contributed by atoms with van der Waals surface area (Å²) in [7, 11) is -3.83. The van der Waals surface area contributed by atoms with Gasteiger partial charge in [-0.15, -0.1) is 0 Å². The Bertz CT molecular complexity index is 247. The molecule has 1 unspecified atom stereocenters. The lowest BCUT2D eigenvalue weighted by molar-refractivity contribution is -0.136. The molecule has 12 heavy (non-hydrogen) atoms. The number of hydrogen-bond acceptors (Lipinski definition) is 4. The Kier molecular flexibility index (Phi) is 4.15. The minimum absolute atomic E-state index is 0.167. The zero-order valence-corrected chi connectivity index (χ0v) is 7.34. The number of aliphatic carboxylic acids is 1. The lowest BCUT2D eigenvalue weighted by atomic mass is 10.5. The smallest absolute Gasteiger partial charge is 0.323 e. The number of carbonyl (C=O) groups is 1. The van der Waals surface area contributed by atoms with Crippen LogP contribution in [-0.4, -0.2) is 43.0 Å². The maximum Gasteiger partial charge on any atom is 0.323 e. The van der Waals surface area contributed by atoms with Crippen molar-refractivity contribution in [3.05, 3.63) is 0 Å². The second kappa shape index (κ2) is 4.39. The van der Waals surface area contributed by atoms with E-state index in [1.807, 2.05) is 4.72 Å². The Morgan fingerprint density at radius 3 is 2.42 bits per heavy atom. The van der Waals surface area contributed by atoms with E-state index < -0.39 is 21.2 Å². The highest BCUT2D eigenvalue weighted by Gasteiger charge is 2.26. The predicted molar refractivity (Wildman–Crippen MR) is 41.1 cm³/mol. The molecule has 3 N–H and O–H groups in total. The SMILES string of the molecule is CC(C(=O)O)S(=O)(=O)NCCO. The van der Waals surface area contributed by atoms with E-state index in [4.69, 9.17) is 10.2 Å². The molecule has 1 atom stereocenters. The number of sulfonamides is 1. The van der Waals surface area contributed by atoms with Crippen molar-refractivity contribution >= 4 is 16.0 Å². The quantitative estimate of drug-likeness (QED) is 0.491. The van der Waals surface area contributed by atoms with Crippen LogP contribution in [0, 0.1) is 0 Å². The summed E-state index contributed by atoms with van der Waals surface area (Å²) in [5, 5.41) is 15.1. The molecule has 0 bridgehead atoms. The van der Waals surface area contributed by atoms with Gasteiger partial charge in [-0.1, -0.05) is 0 Å². The topological polar surface area (TPSA) is 104 Å². The minimum Gasteiger partial charge on any atom is -0.480 e. The number of rotatable bonds is 5. The standard InChI is InChI=1S/C5H11NO5S/c1-4(5(8)9)12(10,11)6-2-3-7/h4,6-7H,2-3H2,1H3,(H,8,9). The first-order valence-corrected chi connectivity index (χ1v) is 4.78. The largest absolute Gasteiger partial charge is 0.480 e. The van der Waals surface area contributed by atoms with Crippen LogP contribution in [0.1, 0.15) is 6.92 Å². The number of carboxylic acid groups (broad SMARTS) is 1. The molecule has 72 valence electrons. The van der Waals surface area contributed by atoms with Crippen molar-refractivity contribution in [2.75, 3.05) is 13.2 Å². The normalized spacial score (nSPS) is 14.2. The van der Waals surface area contributed by atoms with Crippen LogP contribution < -0.4 is 4.72 Å². The number of hydrogen-bond donors (Lipinski definition) is 3. The zero-order valence-electron chi connectivity index (χ0n) is 6.52. The lowest BCUT2D eigenvalue weighted by Gasteiger charge is -2.08. The van der Waals surface area contributed by atoms with Crippen molar-refractivity contribution in [3.63, 3.8) is 0 Å². The maximum absolute atomic E-state index is 10.9. The van der Waals surface area contributed by atoms with Crippen LogP contribution in [0.5, 0.6) is 0 Å². The molecular weight excluding hydrogens is 186 g/mol. The van der Waals surface area contributed by atoms with E-state index in [0.717, 1.165) is 6.92 Å². The van der Waals surface area contributed by atoms with Crippen molar-refractivity contribution in [2.45, 2.75) is 12.2 Å². The predicted octanol–water partition coefficient (Wildman–Crippen LogP) is -1.63. The summed E-state index contributed by atoms with van der Waals surface area (Å²) in [6, 6.07) is 0. The Balaban J connectivity index is 4.31. The van der Waals surface area contributed by atoms with Crippen molar-refractivity contribution in [1.29, 1.82) is 0 Å². The second-order valence-corrected chi connectivity index (χ2v) is 4.23. The summed E-state index contributed by atoms with van der Waals surface area (Å²) in [4.78, 5) is 10.2. The third-order valence-electron chi connectivity index (χ3n) is 1.23. The molecule has 0 aliphatic heterocycles. The molecule has 0 saturated carbocycles. The van der Waals surface area contributed by atoms with E-state index in [1.54, 1.807) is 0 Å². The summed E-state index contributed by atoms with van der Waals surface area (Å²) in [6.07, 6.45) is 0. The van der Waals surface area contributed by atoms with Crippen LogP contribution in [-0.2, 0) is 14.8 Å². The summed E-state index contributed by atoms with van der Waals surface area (Å²) < 4.78 is 23.8. The fourth-order valence-electron chi connectivity index (χ4n) is 0.446. The number of carboxylic acids is 1. The van der Waals surface area contributed by atoms with E-state index >= 15 is 0 Å². The van der Waals surface area contributed by atoms with Gasteiger partial charge in [0.1, 0.15) is 0 Å². The van der Waals surface area contributed by atoms with Gasteiger partial charge in [0.2, 0.25) is 10.0 Å². The summed E-state index contributed by atoms with van der Waals surface area (Å²) >= 11 is 0. The van der Waals surface area contributed by atoms with Crippen LogP contribution in [0.25, 0.3) is 0 Å². The van der Waals surface area contributed by atoms with Crippen LogP contribution >= 0.6 is 0 Å². The first-order chi connectivity index (χ1) is 5.41. The van der Waals surface area contributed by atoms with Gasteiger partial charge in [-0.2, -0.15) is 0 Å². The van der Waals surface area contributed by atoms with Crippen molar-refractivity contribution in [2.24, 2.45) is 0 Å². The van der Waals surface area contributed by atoms with Crippen molar-refractivity contribution in [3.8, 4) is 0 Å². The Labute approximate surface area is 70.3 Å². The van der Waals surface area contributed by atoms with Gasteiger partial charge >= 0.3 is 5.97 Å². The molecule has 0 aromatic heterocycles. The third kappa shape index (κ3) is 3.16. The van der Waals surface area contributed by atoms with Gasteiger partial charge in [0.05, 0.1) is 6.61 Å². The zero-order chi connectivity index (χ0) is 9.78. The molecule has 0 saturated heterocycles. The van der Waals surface area contributed by atoms with Crippen molar-refractivity contribution in [1.82, 2.24) is 4.72 Å². The van der Waals surface area contributed by atoms with Gasteiger partial charge in [0.25, 0.3) is 0 Å². The fourth-order valence-corrected chi connectivity index (χ4v) is 1.34. The highest BCUT2D eigenvalue weighted by atomic mass is 32.2. The molecule has 0 radical (unpaired) electrons. The first kappa shape index (κ1) is 11.3. The molecule has 0 amide bonds. The third-order valence-corrected chi connectivity index (χ3v) is 2.97. The average molecular weight is 197 g/mol. The molecule has 0 fully saturated rings. The van der Waals surface area contributed by atoms with Gasteiger partial charge in [-0.25, -0.2) is 13.1 Å². The molecule has 0 heterocycles. The molecular formula is C5H11NO5S. The van der Waals surface area contributed by atoms with Gasteiger partial charge < -0.3 is 10.2 Å². The van der Waals surface area contributed by atoms with Gasteiger partial charge in [-0.3, -0.25) is 4.79 Å². The van der Waals surface area contributed by atoms with Gasteiger partial charge in [0, 0.05) is 6.54 Å². The molecule has 7 heteroatoms. The molecule has 6 nitrogen and oxygen atoms in total. The lowest BCUT2D eigenvalue weighted by Crippen LogP contribution is -2.38. The number of aliphatic hydroxyl groups excluding tert-OH is 1. The minimum atomic E-state index is -3.83. The van der Waals surface area contributed by atoms with Gasteiger partial charge in [-0.05, 0) is 6.92 Å². The number of aliphatic hydroxyl groups is 1. The molecule has 0 aromatic rings. The molecule has 0 rings (SSSR count). The highest BCUT2D eigenvalue weighted by molar-refractivity contribution is 7.90. The summed E-state index contributed by atoms with van der Waals surface area (Å²) in [5.41, 5.74) is 0. The van der Waals surface area contributed by atoms with Crippen LogP contribution in [0.15, 0.2) is 0 Å². The van der Waals surface area contributed by atoms with Crippen LogP contribution in [0.2, 0.25) is 0 Å². The van der Waals surface area contributed by atoms with Gasteiger partial charge in [0.15, 0.2) is 5.25 Å². The Morgan fingerprint density at radius 1 is 1.58 bits per heavy atom. The van der Waals surface area contributed by atoms with Crippen LogP contribution in [0.3, 0.4) is 0 Å². The first-order valence-electron chi connectivity index (χ1n) is 3.24. The second-order valence-electron chi connectivity index (χ2n) is 2.14. The molecule has 0 aliphatic rings. The molecule has 0 spiro atoms. The number of nitrogens with one attached hydrogen (secondary N) is 1. The molecule has 0 aromatic carbocycles. The highest BCUT2D eigenvalue weighted by Crippen LogP contribution is 1.96. The van der Waals surface area contributed by atoms with Crippen molar-refractivity contribution < 1.29 is 23.4 Å². The van der Waals surface area contributed by atoms with E-state index in [2.05, 4.69) is 0 Å². The fraction of sp³-hybridized carbons (Fsp3) is 0.800. The average Bonchev–Trinajstić information content (AvgIpc) is 1.99.